The first-order valence-electron chi connectivity index (χ1n) is 0.724. The molecule has 1 N–H and O–H groups in total. The zero-order valence-corrected chi connectivity index (χ0v) is 4.30. The minimum absolute atomic E-state index is 0. The monoisotopic (exact) mass is 86.0 g/mol. The molecular weight excluding hydrogens is 80.9 g/mol. The van der Waals surface area contributed by atoms with Crippen LogP contribution < -0.4 is 0 Å². The van der Waals surface area contributed by atoms with Gasteiger partial charge in [0.15, 0.2) is 0 Å². The Labute approximate surface area is 46.2 Å². The van der Waals surface area contributed by atoms with Gasteiger partial charge < -0.3 is 4.16 Å². The van der Waals surface area contributed by atoms with Crippen LogP contribution in [0.4, 0.5) is 0 Å². The fraction of sp³-hybridized carbons (Fsp3) is 0. The minimum atomic E-state index is -0.667. The Morgan fingerprint density at radius 2 is 1.75 bits per heavy atom. The summed E-state index contributed by atoms with van der Waals surface area (Å²) in [6.45, 7) is 0. The third-order valence-electron chi connectivity index (χ3n) is 0. The van der Waals surface area contributed by atoms with E-state index in [0.29, 0.717) is 0 Å². The first kappa shape index (κ1) is 9.10. The molecule has 1 nitrogen and oxygen atoms in total. The van der Waals surface area contributed by atoms with Crippen LogP contribution in [0.25, 0.3) is 0 Å². The molecule has 0 saturated heterocycles. The van der Waals surface area contributed by atoms with Crippen molar-refractivity contribution in [1.29, 1.82) is 0 Å². The van der Waals surface area contributed by atoms with Gasteiger partial charge in [0.25, 0.3) is 0 Å². The predicted octanol–water partition coefficient (Wildman–Crippen LogP) is -1.53. The maximum absolute atomic E-state index is 7.67. The smallest absolute Gasteiger partial charge is 0.463 e. The van der Waals surface area contributed by atoms with Gasteiger partial charge in [0.1, 0.15) is 0 Å². The topological polar surface area (TPSA) is 20.2 Å². The molecule has 4 heavy (non-hydrogen) atoms. The molecule has 0 aliphatic heterocycles. The van der Waals surface area contributed by atoms with E-state index in [2.05, 4.69) is 7.89 Å². The van der Waals surface area contributed by atoms with Crippen molar-refractivity contribution in [1.82, 2.24) is 0 Å². The Morgan fingerprint density at radius 1 is 1.75 bits per heavy atom. The summed E-state index contributed by atoms with van der Waals surface area (Å²) in [5.74, 6) is 0. The van der Waals surface area contributed by atoms with Crippen molar-refractivity contribution in [3.05, 3.63) is 0 Å². The molecule has 1 unspecified atom stereocenters. The van der Waals surface area contributed by atoms with E-state index in [-0.39, 0.29) is 18.9 Å². The molecular formula is H5AlLiOP. The van der Waals surface area contributed by atoms with E-state index in [1.165, 1.54) is 0 Å². The summed E-state index contributed by atoms with van der Waals surface area (Å²) in [5.41, 5.74) is 0. The summed E-state index contributed by atoms with van der Waals surface area (Å²) in [7, 11) is 2.27. The van der Waals surface area contributed by atoms with E-state index < -0.39 is 15.1 Å². The Kier molecular flexibility index (Phi) is 20.1. The second-order valence-corrected chi connectivity index (χ2v) is 1.64. The maximum Gasteiger partial charge on any atom is 0.463 e. The van der Waals surface area contributed by atoms with Gasteiger partial charge >= 0.3 is 34.0 Å². The molecule has 0 spiro atoms. The summed E-state index contributed by atoms with van der Waals surface area (Å²) < 4.78 is 7.67. The van der Waals surface area contributed by atoms with Gasteiger partial charge in [-0.15, -0.1) is 0 Å². The Hall–Kier alpha value is 1.52. The van der Waals surface area contributed by atoms with E-state index in [1.807, 2.05) is 0 Å². The maximum atomic E-state index is 7.67. The zero-order chi connectivity index (χ0) is 2.71. The summed E-state index contributed by atoms with van der Waals surface area (Å²) in [4.78, 5) is 0. The van der Waals surface area contributed by atoms with Crippen LogP contribution in [-0.4, -0.2) is 38.1 Å². The Morgan fingerprint density at radius 3 is 1.75 bits per heavy atom. The zero-order valence-electron chi connectivity index (χ0n) is 1.73. The van der Waals surface area contributed by atoms with Crippen LogP contribution in [0, 0.1) is 0 Å². The van der Waals surface area contributed by atoms with Crippen LogP contribution in [0.15, 0.2) is 0 Å². The normalized spacial score (nSPS) is 3.50. The van der Waals surface area contributed by atoms with Crippen molar-refractivity contribution in [2.24, 2.45) is 0 Å². The van der Waals surface area contributed by atoms with Crippen LogP contribution in [0.2, 0.25) is 0 Å². The van der Waals surface area contributed by atoms with E-state index in [4.69, 9.17) is 4.16 Å². The van der Waals surface area contributed by atoms with Crippen molar-refractivity contribution in [3.63, 3.8) is 0 Å². The number of hydrogen-bond donors (Lipinski definition) is 1. The van der Waals surface area contributed by atoms with Crippen LogP contribution in [0.1, 0.15) is 0 Å². The molecule has 0 radical (unpaired) electrons. The third-order valence-corrected chi connectivity index (χ3v) is 0. The van der Waals surface area contributed by atoms with Gasteiger partial charge in [0, 0.05) is 0 Å². The van der Waals surface area contributed by atoms with Crippen LogP contribution in [0.5, 0.6) is 0 Å². The quantitative estimate of drug-likeness (QED) is 0.280. The standard InChI is InChI=1S/Al.Li.H2O.H2P.2H/h;;2*1H2;;/q+2;;;-1;;/p-1. The van der Waals surface area contributed by atoms with Crippen molar-refractivity contribution in [2.45, 2.75) is 0 Å². The van der Waals surface area contributed by atoms with Gasteiger partial charge in [-0.25, -0.2) is 0 Å². The predicted molar refractivity (Wildman–Crippen MR) is 26.2 cm³/mol. The molecule has 0 aliphatic rings. The van der Waals surface area contributed by atoms with Crippen molar-refractivity contribution in [3.8, 4) is 0 Å². The van der Waals surface area contributed by atoms with E-state index in [1.54, 1.807) is 0 Å². The van der Waals surface area contributed by atoms with Gasteiger partial charge in [-0.1, -0.05) is 0 Å². The van der Waals surface area contributed by atoms with Gasteiger partial charge in [-0.3, -0.25) is 0 Å². The van der Waals surface area contributed by atoms with Crippen LogP contribution in [-0.2, 0) is 0 Å². The first-order valence-corrected chi connectivity index (χ1v) is 4.62. The van der Waals surface area contributed by atoms with Crippen molar-refractivity contribution >= 4 is 41.9 Å². The molecule has 4 heteroatoms. The molecule has 0 bridgehead atoms. The summed E-state index contributed by atoms with van der Waals surface area (Å²) in [6.07, 6.45) is 0. The summed E-state index contributed by atoms with van der Waals surface area (Å²) in [5, 5.41) is 0. The average molecular weight is 85.9 g/mol. The summed E-state index contributed by atoms with van der Waals surface area (Å²) in [6, 6.07) is 0. The third kappa shape index (κ3) is 9.68. The molecule has 0 fully saturated rings. The average Bonchev–Trinajstić information content (AvgIpc) is 0.918. The number of hydrogen-bond acceptors (Lipinski definition) is 1. The molecule has 0 rings (SSSR count). The Bertz CT molecular complexity index is 8.00. The first-order chi connectivity index (χ1) is 1.41. The van der Waals surface area contributed by atoms with Crippen molar-refractivity contribution in [2.75, 3.05) is 0 Å². The molecule has 0 saturated carbocycles. The van der Waals surface area contributed by atoms with Gasteiger partial charge in [-0.2, -0.15) is 7.89 Å². The molecule has 0 aromatic rings. The molecule has 20 valence electrons. The van der Waals surface area contributed by atoms with E-state index in [9.17, 15) is 0 Å². The Balaban J connectivity index is 0. The minimum Gasteiger partial charge on any atom is -0.515 e. The van der Waals surface area contributed by atoms with Crippen LogP contribution in [0.3, 0.4) is 0 Å². The van der Waals surface area contributed by atoms with Crippen molar-refractivity contribution < 1.29 is 4.16 Å². The molecule has 1 atom stereocenters. The van der Waals surface area contributed by atoms with Crippen LogP contribution >= 0.6 is 7.89 Å². The van der Waals surface area contributed by atoms with E-state index in [0.717, 1.165) is 0 Å². The second kappa shape index (κ2) is 8.82. The second-order valence-electron chi connectivity index (χ2n) is 0.183. The fourth-order valence-electron chi connectivity index (χ4n) is 0. The van der Waals surface area contributed by atoms with Gasteiger partial charge in [0.05, 0.1) is 0 Å². The molecule has 0 heterocycles. The molecule has 0 aromatic heterocycles. The largest absolute Gasteiger partial charge is 0.515 e. The fourth-order valence-corrected chi connectivity index (χ4v) is 0. The molecule has 0 aromatic carbocycles. The van der Waals surface area contributed by atoms with Gasteiger partial charge in [0.2, 0.25) is 0 Å². The molecule has 0 amide bonds. The summed E-state index contributed by atoms with van der Waals surface area (Å²) >= 11 is -0.667. The SMILES string of the molecule is [LiH].[OH][AlH][PH2]. The number of rotatable bonds is 0. The van der Waals surface area contributed by atoms with Gasteiger partial charge in [-0.05, 0) is 0 Å². The molecule has 0 aliphatic carbocycles. The van der Waals surface area contributed by atoms with E-state index >= 15 is 0 Å².